The van der Waals surface area contributed by atoms with Crippen LogP contribution in [0.25, 0.3) is 0 Å². The predicted octanol–water partition coefficient (Wildman–Crippen LogP) is 5.06. The van der Waals surface area contributed by atoms with E-state index < -0.39 is 0 Å². The fourth-order valence-electron chi connectivity index (χ4n) is 2.12. The minimum Gasteiger partial charge on any atom is -0.492 e. The van der Waals surface area contributed by atoms with Crippen molar-refractivity contribution in [3.63, 3.8) is 0 Å². The van der Waals surface area contributed by atoms with Gasteiger partial charge in [-0.2, -0.15) is 10.1 Å². The van der Waals surface area contributed by atoms with Crippen LogP contribution in [0.5, 0.6) is 5.75 Å². The van der Waals surface area contributed by atoms with Crippen LogP contribution in [0.2, 0.25) is 10.0 Å². The van der Waals surface area contributed by atoms with Gasteiger partial charge in [-0.3, -0.25) is 0 Å². The molecule has 3 rings (SSSR count). The van der Waals surface area contributed by atoms with Crippen molar-refractivity contribution >= 4 is 46.3 Å². The maximum atomic E-state index is 6.15. The molecule has 0 atom stereocenters. The summed E-state index contributed by atoms with van der Waals surface area (Å²) in [6, 6.07) is 12.7. The Morgan fingerprint density at radius 1 is 1.04 bits per heavy atom. The van der Waals surface area contributed by atoms with Gasteiger partial charge in [-0.25, -0.2) is 0 Å². The Labute approximate surface area is 155 Å². The molecule has 0 fully saturated rings. The SMILES string of the molecule is CCOc1ccccc1Nc1nncc(Nc2cc(Cl)ccc2Cl)n1. The lowest BCUT2D eigenvalue weighted by molar-refractivity contribution is 0.342. The number of nitrogens with one attached hydrogen (secondary N) is 2. The molecule has 0 aliphatic heterocycles. The summed E-state index contributed by atoms with van der Waals surface area (Å²) >= 11 is 12.1. The highest BCUT2D eigenvalue weighted by atomic mass is 35.5. The summed E-state index contributed by atoms with van der Waals surface area (Å²) in [6.45, 7) is 2.49. The molecule has 0 aliphatic rings. The van der Waals surface area contributed by atoms with Crippen LogP contribution < -0.4 is 15.4 Å². The maximum absolute atomic E-state index is 6.15. The zero-order valence-corrected chi connectivity index (χ0v) is 14.8. The molecule has 2 aromatic carbocycles. The van der Waals surface area contributed by atoms with Crippen LogP contribution in [0.4, 0.5) is 23.1 Å². The van der Waals surface area contributed by atoms with Gasteiger partial charge in [0.2, 0.25) is 5.95 Å². The van der Waals surface area contributed by atoms with Gasteiger partial charge < -0.3 is 15.4 Å². The third-order valence-corrected chi connectivity index (χ3v) is 3.75. The largest absolute Gasteiger partial charge is 0.492 e. The third kappa shape index (κ3) is 4.49. The van der Waals surface area contributed by atoms with E-state index in [0.717, 1.165) is 5.69 Å². The van der Waals surface area contributed by atoms with Gasteiger partial charge in [0.15, 0.2) is 5.82 Å². The van der Waals surface area contributed by atoms with Gasteiger partial charge in [0.25, 0.3) is 0 Å². The van der Waals surface area contributed by atoms with E-state index in [1.165, 1.54) is 6.20 Å². The minimum absolute atomic E-state index is 0.329. The van der Waals surface area contributed by atoms with E-state index in [2.05, 4.69) is 25.8 Å². The molecule has 1 heterocycles. The van der Waals surface area contributed by atoms with Crippen molar-refractivity contribution in [2.45, 2.75) is 6.92 Å². The average molecular weight is 376 g/mol. The predicted molar refractivity (Wildman–Crippen MR) is 100 cm³/mol. The van der Waals surface area contributed by atoms with Crippen molar-refractivity contribution in [1.82, 2.24) is 15.2 Å². The van der Waals surface area contributed by atoms with Gasteiger partial charge in [0, 0.05) is 5.02 Å². The van der Waals surface area contributed by atoms with E-state index >= 15 is 0 Å². The molecule has 2 N–H and O–H groups in total. The van der Waals surface area contributed by atoms with E-state index in [1.807, 2.05) is 31.2 Å². The molecular weight excluding hydrogens is 361 g/mol. The van der Waals surface area contributed by atoms with Gasteiger partial charge in [0.1, 0.15) is 5.75 Å². The van der Waals surface area contributed by atoms with Gasteiger partial charge in [0.05, 0.1) is 29.2 Å². The number of aromatic nitrogens is 3. The minimum atomic E-state index is 0.329. The third-order valence-electron chi connectivity index (χ3n) is 3.18. The summed E-state index contributed by atoms with van der Waals surface area (Å²) in [7, 11) is 0. The molecule has 0 spiro atoms. The lowest BCUT2D eigenvalue weighted by Gasteiger charge is -2.12. The molecule has 3 aromatic rings. The van der Waals surface area contributed by atoms with E-state index in [1.54, 1.807) is 18.2 Å². The van der Waals surface area contributed by atoms with Crippen LogP contribution in [0, 0.1) is 0 Å². The average Bonchev–Trinajstić information content (AvgIpc) is 2.60. The number of anilines is 4. The first-order valence-electron chi connectivity index (χ1n) is 7.56. The number of rotatable bonds is 6. The molecule has 8 heteroatoms. The quantitative estimate of drug-likeness (QED) is 0.626. The second-order valence-corrected chi connectivity index (χ2v) is 5.81. The van der Waals surface area contributed by atoms with E-state index in [4.69, 9.17) is 27.9 Å². The first-order valence-corrected chi connectivity index (χ1v) is 8.32. The fraction of sp³-hybridized carbons (Fsp3) is 0.118. The molecule has 1 aromatic heterocycles. The molecule has 128 valence electrons. The molecule has 6 nitrogen and oxygen atoms in total. The molecule has 0 amide bonds. The van der Waals surface area contributed by atoms with Gasteiger partial charge >= 0.3 is 0 Å². The first-order chi connectivity index (χ1) is 12.2. The van der Waals surface area contributed by atoms with Gasteiger partial charge in [-0.1, -0.05) is 35.3 Å². The highest BCUT2D eigenvalue weighted by Gasteiger charge is 2.08. The van der Waals surface area contributed by atoms with Crippen molar-refractivity contribution in [3.8, 4) is 5.75 Å². The van der Waals surface area contributed by atoms with Crippen molar-refractivity contribution in [3.05, 3.63) is 58.7 Å². The smallest absolute Gasteiger partial charge is 0.249 e. The lowest BCUT2D eigenvalue weighted by Crippen LogP contribution is -2.04. The Balaban J connectivity index is 1.81. The Kier molecular flexibility index (Phi) is 5.53. The molecule has 0 bridgehead atoms. The monoisotopic (exact) mass is 375 g/mol. The number of halogens is 2. The van der Waals surface area contributed by atoms with Crippen LogP contribution in [0.1, 0.15) is 6.92 Å². The molecule has 0 aliphatic carbocycles. The van der Waals surface area contributed by atoms with Gasteiger partial charge in [-0.15, -0.1) is 5.10 Å². The lowest BCUT2D eigenvalue weighted by atomic mass is 10.3. The molecule has 25 heavy (non-hydrogen) atoms. The Bertz CT molecular complexity index is 875. The van der Waals surface area contributed by atoms with Crippen LogP contribution in [-0.4, -0.2) is 21.8 Å². The van der Waals surface area contributed by atoms with Crippen LogP contribution in [0.15, 0.2) is 48.7 Å². The normalized spacial score (nSPS) is 10.4. The van der Waals surface area contributed by atoms with Gasteiger partial charge in [-0.05, 0) is 37.3 Å². The summed E-state index contributed by atoms with van der Waals surface area (Å²) in [5.41, 5.74) is 1.39. The second-order valence-electron chi connectivity index (χ2n) is 4.97. The molecule has 0 saturated heterocycles. The zero-order chi connectivity index (χ0) is 17.6. The van der Waals surface area contributed by atoms with E-state index in [0.29, 0.717) is 39.9 Å². The Morgan fingerprint density at radius 3 is 2.72 bits per heavy atom. The second kappa shape index (κ2) is 8.00. The number of nitrogens with zero attached hydrogens (tertiary/aromatic N) is 3. The summed E-state index contributed by atoms with van der Waals surface area (Å²) in [4.78, 5) is 4.38. The van der Waals surface area contributed by atoms with Crippen molar-refractivity contribution in [2.75, 3.05) is 17.2 Å². The van der Waals surface area contributed by atoms with Crippen molar-refractivity contribution in [2.24, 2.45) is 0 Å². The van der Waals surface area contributed by atoms with Crippen LogP contribution in [-0.2, 0) is 0 Å². The summed E-state index contributed by atoms with van der Waals surface area (Å²) < 4.78 is 5.58. The summed E-state index contributed by atoms with van der Waals surface area (Å²) in [5.74, 6) is 1.52. The number of hydrogen-bond acceptors (Lipinski definition) is 6. The van der Waals surface area contributed by atoms with Crippen molar-refractivity contribution in [1.29, 1.82) is 0 Å². The number of ether oxygens (including phenoxy) is 1. The Hall–Kier alpha value is -2.57. The summed E-state index contributed by atoms with van der Waals surface area (Å²) in [6.07, 6.45) is 1.50. The Morgan fingerprint density at radius 2 is 1.88 bits per heavy atom. The standard InChI is InChI=1S/C17H15Cl2N5O/c1-2-25-15-6-4-3-5-13(15)22-17-23-16(10-20-24-17)21-14-9-11(18)7-8-12(14)19/h3-10H,2H2,1H3,(H2,21,22,23,24). The van der Waals surface area contributed by atoms with E-state index in [-0.39, 0.29) is 0 Å². The van der Waals surface area contributed by atoms with E-state index in [9.17, 15) is 0 Å². The summed E-state index contributed by atoms with van der Waals surface area (Å²) in [5, 5.41) is 15.2. The van der Waals surface area contributed by atoms with Crippen LogP contribution in [0.3, 0.4) is 0 Å². The number of hydrogen-bond donors (Lipinski definition) is 2. The zero-order valence-electron chi connectivity index (χ0n) is 13.3. The first kappa shape index (κ1) is 17.3. The highest BCUT2D eigenvalue weighted by Crippen LogP contribution is 2.29. The van der Waals surface area contributed by atoms with Crippen molar-refractivity contribution < 1.29 is 4.74 Å². The molecule has 0 saturated carbocycles. The highest BCUT2D eigenvalue weighted by molar-refractivity contribution is 6.35. The number of benzene rings is 2. The topological polar surface area (TPSA) is 72.0 Å². The fourth-order valence-corrected chi connectivity index (χ4v) is 2.46. The molecular formula is C17H15Cl2N5O. The molecule has 0 unspecified atom stereocenters. The van der Waals surface area contributed by atoms with Crippen LogP contribution >= 0.6 is 23.2 Å². The number of para-hydroxylation sites is 2. The maximum Gasteiger partial charge on any atom is 0.249 e. The molecule has 0 radical (unpaired) electrons.